The van der Waals surface area contributed by atoms with Gasteiger partial charge in [-0.15, -0.1) is 0 Å². The van der Waals surface area contributed by atoms with Crippen molar-refractivity contribution in [2.45, 2.75) is 6.92 Å². The topological polar surface area (TPSA) is 49.3 Å². The summed E-state index contributed by atoms with van der Waals surface area (Å²) < 4.78 is 26.3. The van der Waals surface area contributed by atoms with Crippen LogP contribution in [0.1, 0.15) is 15.9 Å². The molecule has 3 nitrogen and oxygen atoms in total. The number of phenols is 1. The Morgan fingerprint density at radius 1 is 1.21 bits per heavy atom. The summed E-state index contributed by atoms with van der Waals surface area (Å²) in [6.07, 6.45) is 0. The van der Waals surface area contributed by atoms with Crippen LogP contribution >= 0.6 is 0 Å². The highest BCUT2D eigenvalue weighted by Crippen LogP contribution is 2.24. The highest BCUT2D eigenvalue weighted by atomic mass is 19.1. The molecular formula is C14H11F2NO2. The van der Waals surface area contributed by atoms with E-state index in [2.05, 4.69) is 5.32 Å². The number of benzene rings is 2. The van der Waals surface area contributed by atoms with Gasteiger partial charge in [0.25, 0.3) is 5.91 Å². The second-order valence-electron chi connectivity index (χ2n) is 4.05. The number of aryl methyl sites for hydroxylation is 1. The first-order valence-corrected chi connectivity index (χ1v) is 5.54. The van der Waals surface area contributed by atoms with E-state index in [1.54, 1.807) is 31.2 Å². The molecule has 0 radical (unpaired) electrons. The van der Waals surface area contributed by atoms with Crippen molar-refractivity contribution in [2.24, 2.45) is 0 Å². The minimum Gasteiger partial charge on any atom is -0.507 e. The van der Waals surface area contributed by atoms with Crippen LogP contribution in [0.3, 0.4) is 0 Å². The van der Waals surface area contributed by atoms with Crippen LogP contribution in [0.2, 0.25) is 0 Å². The Morgan fingerprint density at radius 3 is 2.53 bits per heavy atom. The standard InChI is InChI=1S/C14H11F2NO2/c1-8-4-2-3-5-11(8)17-14(19)13-10(16)6-9(15)7-12(13)18/h2-7,18H,1H3,(H,17,19). The van der Waals surface area contributed by atoms with Crippen molar-refractivity contribution in [3.63, 3.8) is 0 Å². The zero-order chi connectivity index (χ0) is 14.0. The fraction of sp³-hybridized carbons (Fsp3) is 0.0714. The second-order valence-corrected chi connectivity index (χ2v) is 4.05. The number of phenolic OH excluding ortho intramolecular Hbond substituents is 1. The summed E-state index contributed by atoms with van der Waals surface area (Å²) in [5.74, 6) is -3.61. The van der Waals surface area contributed by atoms with E-state index in [9.17, 15) is 18.7 Å². The van der Waals surface area contributed by atoms with Gasteiger partial charge >= 0.3 is 0 Å². The van der Waals surface area contributed by atoms with E-state index in [0.717, 1.165) is 5.56 Å². The molecular weight excluding hydrogens is 252 g/mol. The molecule has 1 amide bonds. The lowest BCUT2D eigenvalue weighted by Gasteiger charge is -2.10. The maximum Gasteiger partial charge on any atom is 0.262 e. The van der Waals surface area contributed by atoms with Gasteiger partial charge in [0.05, 0.1) is 0 Å². The predicted octanol–water partition coefficient (Wildman–Crippen LogP) is 3.23. The average Bonchev–Trinajstić information content (AvgIpc) is 2.30. The molecule has 2 rings (SSSR count). The molecule has 0 aliphatic carbocycles. The molecule has 0 saturated carbocycles. The number of rotatable bonds is 2. The second kappa shape index (κ2) is 5.06. The number of amides is 1. The quantitative estimate of drug-likeness (QED) is 0.873. The molecule has 0 aromatic heterocycles. The van der Waals surface area contributed by atoms with E-state index >= 15 is 0 Å². The van der Waals surface area contributed by atoms with E-state index in [1.165, 1.54) is 0 Å². The van der Waals surface area contributed by atoms with E-state index in [4.69, 9.17) is 0 Å². The van der Waals surface area contributed by atoms with Gasteiger partial charge in [-0.25, -0.2) is 8.78 Å². The van der Waals surface area contributed by atoms with Crippen molar-refractivity contribution < 1.29 is 18.7 Å². The third-order valence-electron chi connectivity index (χ3n) is 2.65. The number of anilines is 1. The van der Waals surface area contributed by atoms with E-state index in [1.807, 2.05) is 0 Å². The largest absolute Gasteiger partial charge is 0.507 e. The Labute approximate surface area is 108 Å². The number of para-hydroxylation sites is 1. The predicted molar refractivity (Wildman–Crippen MR) is 67.2 cm³/mol. The number of halogens is 2. The minimum atomic E-state index is -1.11. The zero-order valence-corrected chi connectivity index (χ0v) is 10.1. The van der Waals surface area contributed by atoms with Crippen LogP contribution in [0.4, 0.5) is 14.5 Å². The molecule has 0 aliphatic rings. The lowest BCUT2D eigenvalue weighted by atomic mass is 10.1. The van der Waals surface area contributed by atoms with Crippen molar-refractivity contribution in [2.75, 3.05) is 5.32 Å². The van der Waals surface area contributed by atoms with Crippen molar-refractivity contribution >= 4 is 11.6 Å². The Bertz CT molecular complexity index is 618. The minimum absolute atomic E-state index is 0.496. The lowest BCUT2D eigenvalue weighted by Crippen LogP contribution is -2.15. The summed E-state index contributed by atoms with van der Waals surface area (Å²) in [4.78, 5) is 11.9. The summed E-state index contributed by atoms with van der Waals surface area (Å²) in [7, 11) is 0. The molecule has 5 heteroatoms. The first-order chi connectivity index (χ1) is 8.99. The highest BCUT2D eigenvalue weighted by molar-refractivity contribution is 6.06. The van der Waals surface area contributed by atoms with Crippen LogP contribution in [-0.4, -0.2) is 11.0 Å². The van der Waals surface area contributed by atoms with Crippen molar-refractivity contribution in [3.8, 4) is 5.75 Å². The molecule has 0 spiro atoms. The van der Waals surface area contributed by atoms with E-state index in [-0.39, 0.29) is 0 Å². The molecule has 0 unspecified atom stereocenters. The van der Waals surface area contributed by atoms with Crippen molar-refractivity contribution in [3.05, 3.63) is 59.2 Å². The van der Waals surface area contributed by atoms with E-state index in [0.29, 0.717) is 17.8 Å². The van der Waals surface area contributed by atoms with Gasteiger partial charge in [-0.1, -0.05) is 18.2 Å². The van der Waals surface area contributed by atoms with Crippen LogP contribution in [0.25, 0.3) is 0 Å². The number of carbonyl (C=O) groups is 1. The van der Waals surface area contributed by atoms with Crippen LogP contribution in [0.15, 0.2) is 36.4 Å². The Hall–Kier alpha value is -2.43. The number of carbonyl (C=O) groups excluding carboxylic acids is 1. The number of aromatic hydroxyl groups is 1. The summed E-state index contributed by atoms with van der Waals surface area (Å²) in [6.45, 7) is 1.77. The van der Waals surface area contributed by atoms with Gasteiger partial charge in [0.1, 0.15) is 22.9 Å². The third kappa shape index (κ3) is 2.70. The summed E-state index contributed by atoms with van der Waals surface area (Å²) in [5, 5.41) is 11.9. The maximum atomic E-state index is 13.5. The van der Waals surface area contributed by atoms with E-state index < -0.39 is 28.9 Å². The summed E-state index contributed by atoms with van der Waals surface area (Å²) >= 11 is 0. The van der Waals surface area contributed by atoms with Gasteiger partial charge in [0, 0.05) is 17.8 Å². The SMILES string of the molecule is Cc1ccccc1NC(=O)c1c(O)cc(F)cc1F. The molecule has 98 valence electrons. The molecule has 2 aromatic carbocycles. The van der Waals surface area contributed by atoms with Gasteiger partial charge in [0.15, 0.2) is 0 Å². The first kappa shape index (κ1) is 13.0. The lowest BCUT2D eigenvalue weighted by molar-refractivity contribution is 0.102. The monoisotopic (exact) mass is 263 g/mol. The highest BCUT2D eigenvalue weighted by Gasteiger charge is 2.18. The molecule has 2 aromatic rings. The summed E-state index contributed by atoms with van der Waals surface area (Å²) in [5.41, 5.74) is 0.707. The normalized spacial score (nSPS) is 10.3. The van der Waals surface area contributed by atoms with Crippen molar-refractivity contribution in [1.29, 1.82) is 0 Å². The van der Waals surface area contributed by atoms with Gasteiger partial charge in [-0.3, -0.25) is 4.79 Å². The molecule has 0 atom stereocenters. The molecule has 0 heterocycles. The number of nitrogens with one attached hydrogen (secondary N) is 1. The van der Waals surface area contributed by atoms with Gasteiger partial charge in [0.2, 0.25) is 0 Å². The fourth-order valence-corrected chi connectivity index (χ4v) is 1.68. The fourth-order valence-electron chi connectivity index (χ4n) is 1.68. The van der Waals surface area contributed by atoms with Crippen LogP contribution < -0.4 is 5.32 Å². The van der Waals surface area contributed by atoms with Gasteiger partial charge in [-0.2, -0.15) is 0 Å². The van der Waals surface area contributed by atoms with Crippen LogP contribution in [0, 0.1) is 18.6 Å². The first-order valence-electron chi connectivity index (χ1n) is 5.54. The van der Waals surface area contributed by atoms with Crippen LogP contribution in [-0.2, 0) is 0 Å². The Kier molecular flexibility index (Phi) is 3.46. The molecule has 0 fully saturated rings. The molecule has 0 saturated heterocycles. The van der Waals surface area contributed by atoms with Crippen molar-refractivity contribution in [1.82, 2.24) is 0 Å². The Morgan fingerprint density at radius 2 is 1.89 bits per heavy atom. The average molecular weight is 263 g/mol. The molecule has 0 bridgehead atoms. The molecule has 19 heavy (non-hydrogen) atoms. The number of hydrogen-bond acceptors (Lipinski definition) is 2. The summed E-state index contributed by atoms with van der Waals surface area (Å²) in [6, 6.07) is 8.16. The molecule has 2 N–H and O–H groups in total. The smallest absolute Gasteiger partial charge is 0.262 e. The van der Waals surface area contributed by atoms with Gasteiger partial charge < -0.3 is 10.4 Å². The van der Waals surface area contributed by atoms with Crippen LogP contribution in [0.5, 0.6) is 5.75 Å². The molecule has 0 aliphatic heterocycles. The van der Waals surface area contributed by atoms with Gasteiger partial charge in [-0.05, 0) is 18.6 Å². The third-order valence-corrected chi connectivity index (χ3v) is 2.65. The Balaban J connectivity index is 2.34. The number of hydrogen-bond donors (Lipinski definition) is 2. The zero-order valence-electron chi connectivity index (χ0n) is 10.1. The maximum absolute atomic E-state index is 13.5.